The number of urea groups is 1. The second-order valence-corrected chi connectivity index (χ2v) is 12.0. The minimum atomic E-state index is -0.636. The van der Waals surface area contributed by atoms with Crippen LogP contribution in [-0.4, -0.2) is 85.3 Å². The molecule has 0 aromatic heterocycles. The highest BCUT2D eigenvalue weighted by Crippen LogP contribution is 2.35. The Labute approximate surface area is 247 Å². The van der Waals surface area contributed by atoms with Crippen LogP contribution < -0.4 is 14.8 Å². The average molecular weight is 577 g/mol. The normalized spacial score (nSPS) is 21.0. The number of piperazine rings is 1. The third kappa shape index (κ3) is 5.81. The number of hydrogen-bond acceptors (Lipinski definition) is 7. The highest BCUT2D eigenvalue weighted by Gasteiger charge is 2.38. The Hall–Kier alpha value is -4.05. The number of benzene rings is 2. The van der Waals surface area contributed by atoms with Crippen LogP contribution in [0, 0.1) is 0 Å². The van der Waals surface area contributed by atoms with E-state index in [-0.39, 0.29) is 36.8 Å². The average Bonchev–Trinajstić information content (AvgIpc) is 3.43. The van der Waals surface area contributed by atoms with Crippen molar-refractivity contribution in [2.45, 2.75) is 52.1 Å². The molecule has 3 amide bonds. The third-order valence-corrected chi connectivity index (χ3v) is 8.15. The summed E-state index contributed by atoms with van der Waals surface area (Å²) in [6.07, 6.45) is 0. The summed E-state index contributed by atoms with van der Waals surface area (Å²) in [5, 5.41) is 3.00. The van der Waals surface area contributed by atoms with Gasteiger partial charge in [-0.05, 0) is 48.6 Å². The van der Waals surface area contributed by atoms with Gasteiger partial charge in [0, 0.05) is 50.5 Å². The second kappa shape index (κ2) is 11.7. The highest BCUT2D eigenvalue weighted by atomic mass is 16.7. The smallest absolute Gasteiger partial charge is 0.338 e. The fraction of sp³-hybridized carbons (Fsp3) is 0.469. The quantitative estimate of drug-likeness (QED) is 0.518. The number of rotatable bonds is 6. The van der Waals surface area contributed by atoms with Crippen molar-refractivity contribution in [3.8, 4) is 11.5 Å². The van der Waals surface area contributed by atoms with Gasteiger partial charge in [0.1, 0.15) is 0 Å². The molecule has 10 heteroatoms. The van der Waals surface area contributed by atoms with Gasteiger partial charge in [-0.3, -0.25) is 14.6 Å². The molecule has 0 bridgehead atoms. The molecule has 1 fully saturated rings. The molecule has 2 aromatic rings. The fourth-order valence-corrected chi connectivity index (χ4v) is 5.71. The lowest BCUT2D eigenvalue weighted by Crippen LogP contribution is -2.56. The zero-order chi connectivity index (χ0) is 30.2. The maximum Gasteiger partial charge on any atom is 0.338 e. The number of likely N-dealkylation sites (N-methyl/N-ethyl adjacent to an activating group) is 1. The molecule has 0 unspecified atom stereocenters. The molecule has 2 atom stereocenters. The van der Waals surface area contributed by atoms with E-state index in [9.17, 15) is 14.4 Å². The topological polar surface area (TPSA) is 101 Å². The number of fused-ring (bicyclic) bond motifs is 1. The van der Waals surface area contributed by atoms with E-state index in [0.29, 0.717) is 54.5 Å². The van der Waals surface area contributed by atoms with E-state index >= 15 is 0 Å². The number of ether oxygens (including phenoxy) is 3. The summed E-state index contributed by atoms with van der Waals surface area (Å²) >= 11 is 0. The maximum atomic E-state index is 13.4. The zero-order valence-electron chi connectivity index (χ0n) is 25.2. The minimum absolute atomic E-state index is 0.0253. The van der Waals surface area contributed by atoms with Crippen LogP contribution in [0.2, 0.25) is 0 Å². The van der Waals surface area contributed by atoms with Crippen molar-refractivity contribution < 1.29 is 28.6 Å². The first-order chi connectivity index (χ1) is 20.0. The van der Waals surface area contributed by atoms with Gasteiger partial charge in [-0.25, -0.2) is 9.59 Å². The summed E-state index contributed by atoms with van der Waals surface area (Å²) in [4.78, 5) is 45.5. The van der Waals surface area contributed by atoms with Gasteiger partial charge in [-0.2, -0.15) is 0 Å². The molecule has 2 aromatic carbocycles. The van der Waals surface area contributed by atoms with E-state index in [4.69, 9.17) is 14.2 Å². The van der Waals surface area contributed by atoms with Crippen molar-refractivity contribution in [2.75, 3.05) is 46.6 Å². The van der Waals surface area contributed by atoms with Crippen molar-refractivity contribution in [1.29, 1.82) is 0 Å². The predicted octanol–water partition coefficient (Wildman–Crippen LogP) is 4.07. The Bertz CT molecular complexity index is 1400. The van der Waals surface area contributed by atoms with Crippen LogP contribution in [0.25, 0.3) is 0 Å². The number of nitrogens with one attached hydrogen (secondary N) is 1. The molecule has 5 rings (SSSR count). The van der Waals surface area contributed by atoms with Crippen LogP contribution >= 0.6 is 0 Å². The number of amides is 3. The van der Waals surface area contributed by atoms with Crippen molar-refractivity contribution in [3.63, 3.8) is 0 Å². The summed E-state index contributed by atoms with van der Waals surface area (Å²) in [6.45, 7) is 12.6. The molecule has 1 N–H and O–H groups in total. The molecular weight excluding hydrogens is 536 g/mol. The lowest BCUT2D eigenvalue weighted by Gasteiger charge is -2.42. The van der Waals surface area contributed by atoms with Crippen LogP contribution in [0.1, 0.15) is 62.1 Å². The van der Waals surface area contributed by atoms with Crippen LogP contribution in [-0.2, 0) is 14.9 Å². The second-order valence-electron chi connectivity index (χ2n) is 12.0. The third-order valence-electron chi connectivity index (χ3n) is 8.15. The molecule has 0 saturated carbocycles. The molecule has 3 aliphatic heterocycles. The van der Waals surface area contributed by atoms with Crippen LogP contribution in [0.15, 0.2) is 53.7 Å². The standard InChI is InChI=1S/C32H40N4O6/c1-7-40-30(38)27-24(34(6)31(39)33-28(27)21-8-11-23(12-9-21)32(3,4)5)18-35-14-15-36(20(2)17-35)29(37)22-10-13-25-26(16-22)42-19-41-25/h8-13,16,20,28H,7,14-15,17-19H2,1-6H3,(H,33,39)/t20-,28-/m0/s1. The number of hydrogen-bond donors (Lipinski definition) is 1. The van der Waals surface area contributed by atoms with Crippen molar-refractivity contribution in [1.82, 2.24) is 20.0 Å². The number of carbonyl (C=O) groups is 3. The van der Waals surface area contributed by atoms with Crippen LogP contribution in [0.3, 0.4) is 0 Å². The SMILES string of the molecule is CCOC(=O)C1=C(CN2CCN(C(=O)c3ccc4c(c3)OCO4)[C@@H](C)C2)N(C)C(=O)N[C@H]1c1ccc(C(C)(C)C)cc1. The molecule has 0 aliphatic carbocycles. The molecule has 0 radical (unpaired) electrons. The first-order valence-electron chi connectivity index (χ1n) is 14.5. The Morgan fingerprint density at radius 2 is 1.76 bits per heavy atom. The van der Waals surface area contributed by atoms with Gasteiger partial charge in [0.25, 0.3) is 5.91 Å². The number of carbonyl (C=O) groups excluding carboxylic acids is 3. The Morgan fingerprint density at radius 1 is 1.05 bits per heavy atom. The summed E-state index contributed by atoms with van der Waals surface area (Å²) in [5.41, 5.74) is 3.53. The van der Waals surface area contributed by atoms with Gasteiger partial charge < -0.3 is 24.4 Å². The van der Waals surface area contributed by atoms with E-state index in [0.717, 1.165) is 11.1 Å². The Morgan fingerprint density at radius 3 is 2.43 bits per heavy atom. The summed E-state index contributed by atoms with van der Waals surface area (Å²) in [6, 6.07) is 12.3. The van der Waals surface area contributed by atoms with E-state index in [1.807, 2.05) is 36.1 Å². The van der Waals surface area contributed by atoms with Crippen LogP contribution in [0.5, 0.6) is 11.5 Å². The molecule has 3 heterocycles. The minimum Gasteiger partial charge on any atom is -0.463 e. The molecular formula is C32H40N4O6. The van der Waals surface area contributed by atoms with E-state index in [1.165, 1.54) is 4.90 Å². The summed E-state index contributed by atoms with van der Waals surface area (Å²) in [5.74, 6) is 0.694. The van der Waals surface area contributed by atoms with Gasteiger partial charge in [0.2, 0.25) is 6.79 Å². The molecule has 10 nitrogen and oxygen atoms in total. The fourth-order valence-electron chi connectivity index (χ4n) is 5.71. The molecule has 1 saturated heterocycles. The predicted molar refractivity (Wildman–Crippen MR) is 157 cm³/mol. The van der Waals surface area contributed by atoms with E-state index in [1.54, 1.807) is 32.2 Å². The molecule has 224 valence electrons. The van der Waals surface area contributed by atoms with Crippen LogP contribution in [0.4, 0.5) is 4.79 Å². The molecule has 0 spiro atoms. The van der Waals surface area contributed by atoms with E-state index < -0.39 is 12.0 Å². The summed E-state index contributed by atoms with van der Waals surface area (Å²) in [7, 11) is 1.67. The molecule has 3 aliphatic rings. The van der Waals surface area contributed by atoms with Crippen molar-refractivity contribution in [2.24, 2.45) is 0 Å². The van der Waals surface area contributed by atoms with Crippen molar-refractivity contribution >= 4 is 17.9 Å². The first-order valence-corrected chi connectivity index (χ1v) is 14.5. The monoisotopic (exact) mass is 576 g/mol. The lowest BCUT2D eigenvalue weighted by atomic mass is 9.85. The maximum absolute atomic E-state index is 13.4. The van der Waals surface area contributed by atoms with Gasteiger partial charge in [0.05, 0.1) is 18.2 Å². The van der Waals surface area contributed by atoms with E-state index in [2.05, 4.69) is 31.0 Å². The lowest BCUT2D eigenvalue weighted by molar-refractivity contribution is -0.139. The number of nitrogens with zero attached hydrogens (tertiary/aromatic N) is 3. The Kier molecular flexibility index (Phi) is 8.19. The van der Waals surface area contributed by atoms with Gasteiger partial charge >= 0.3 is 12.0 Å². The highest BCUT2D eigenvalue weighted by molar-refractivity contribution is 5.96. The Balaban J connectivity index is 1.38. The van der Waals surface area contributed by atoms with Gasteiger partial charge in [0.15, 0.2) is 11.5 Å². The largest absolute Gasteiger partial charge is 0.463 e. The van der Waals surface area contributed by atoms with Gasteiger partial charge in [-0.1, -0.05) is 45.0 Å². The summed E-state index contributed by atoms with van der Waals surface area (Å²) < 4.78 is 16.3. The number of esters is 1. The first kappa shape index (κ1) is 29.4. The zero-order valence-corrected chi connectivity index (χ0v) is 25.2. The van der Waals surface area contributed by atoms with Gasteiger partial charge in [-0.15, -0.1) is 0 Å². The molecule has 42 heavy (non-hydrogen) atoms. The van der Waals surface area contributed by atoms with Crippen molar-refractivity contribution in [3.05, 3.63) is 70.4 Å².